The Labute approximate surface area is 200 Å². The number of nitrogens with one attached hydrogen (secondary N) is 3. The van der Waals surface area contributed by atoms with Crippen LogP contribution in [0.25, 0.3) is 0 Å². The van der Waals surface area contributed by atoms with Gasteiger partial charge in [0.15, 0.2) is 0 Å². The van der Waals surface area contributed by atoms with Gasteiger partial charge in [-0.15, -0.1) is 0 Å². The number of nitrogens with zero attached hydrogens (tertiary/aromatic N) is 1. The van der Waals surface area contributed by atoms with Gasteiger partial charge in [0, 0.05) is 12.3 Å². The lowest BCUT2D eigenvalue weighted by molar-refractivity contribution is -0.141. The Bertz CT molecular complexity index is 902. The molecule has 176 valence electrons. The molecule has 8 heteroatoms. The minimum Gasteiger partial charge on any atom is -0.343 e. The summed E-state index contributed by atoms with van der Waals surface area (Å²) in [5.74, 6) is -0.609. The van der Waals surface area contributed by atoms with Crippen molar-refractivity contribution in [2.45, 2.75) is 43.9 Å². The SMILES string of the molecule is CN[C@@H](C)C(=O)N[C@@H](CS)C(=O)N1CCC[C@H]1C(=O)NC(c1ccccc1)c1ccccc1. The van der Waals surface area contributed by atoms with E-state index in [1.54, 1.807) is 18.9 Å². The Balaban J connectivity index is 1.76. The number of carbonyl (C=O) groups is 3. The highest BCUT2D eigenvalue weighted by Gasteiger charge is 2.38. The molecule has 1 fully saturated rings. The lowest BCUT2D eigenvalue weighted by Gasteiger charge is -2.30. The predicted molar refractivity (Wildman–Crippen MR) is 132 cm³/mol. The fourth-order valence-corrected chi connectivity index (χ4v) is 4.25. The molecular formula is C25H32N4O3S. The van der Waals surface area contributed by atoms with Crippen molar-refractivity contribution in [1.82, 2.24) is 20.9 Å². The number of rotatable bonds is 9. The second kappa shape index (κ2) is 11.9. The molecule has 0 aliphatic carbocycles. The van der Waals surface area contributed by atoms with Crippen LogP contribution in [0.2, 0.25) is 0 Å². The third-order valence-electron chi connectivity index (χ3n) is 6.01. The first-order chi connectivity index (χ1) is 16.0. The third kappa shape index (κ3) is 6.15. The zero-order chi connectivity index (χ0) is 23.8. The van der Waals surface area contributed by atoms with E-state index in [2.05, 4.69) is 28.6 Å². The van der Waals surface area contributed by atoms with Crippen molar-refractivity contribution in [3.05, 3.63) is 71.8 Å². The van der Waals surface area contributed by atoms with Crippen molar-refractivity contribution in [3.8, 4) is 0 Å². The molecule has 0 radical (unpaired) electrons. The predicted octanol–water partition coefficient (Wildman–Crippen LogP) is 1.91. The zero-order valence-electron chi connectivity index (χ0n) is 19.0. The number of hydrogen-bond donors (Lipinski definition) is 4. The molecule has 0 spiro atoms. The smallest absolute Gasteiger partial charge is 0.246 e. The van der Waals surface area contributed by atoms with Gasteiger partial charge in [0.2, 0.25) is 17.7 Å². The molecule has 1 aliphatic heterocycles. The highest BCUT2D eigenvalue weighted by molar-refractivity contribution is 7.80. The van der Waals surface area contributed by atoms with Crippen molar-refractivity contribution in [2.75, 3.05) is 19.3 Å². The van der Waals surface area contributed by atoms with E-state index in [1.807, 2.05) is 60.7 Å². The first-order valence-electron chi connectivity index (χ1n) is 11.3. The monoisotopic (exact) mass is 468 g/mol. The summed E-state index contributed by atoms with van der Waals surface area (Å²) < 4.78 is 0. The van der Waals surface area contributed by atoms with Gasteiger partial charge < -0.3 is 20.9 Å². The Morgan fingerprint density at radius 1 is 1.00 bits per heavy atom. The quantitative estimate of drug-likeness (QED) is 0.423. The second-order valence-corrected chi connectivity index (χ2v) is 8.57. The normalized spacial score (nSPS) is 17.5. The molecule has 0 unspecified atom stereocenters. The molecule has 1 saturated heterocycles. The molecule has 0 aromatic heterocycles. The minimum atomic E-state index is -0.788. The van der Waals surface area contributed by atoms with Crippen LogP contribution < -0.4 is 16.0 Å². The summed E-state index contributed by atoms with van der Waals surface area (Å²) in [4.78, 5) is 40.5. The number of likely N-dealkylation sites (tertiary alicyclic amines) is 1. The van der Waals surface area contributed by atoms with E-state index in [0.717, 1.165) is 17.5 Å². The molecule has 33 heavy (non-hydrogen) atoms. The number of amides is 3. The average Bonchev–Trinajstić information content (AvgIpc) is 3.36. The lowest BCUT2D eigenvalue weighted by Crippen LogP contribution is -2.56. The van der Waals surface area contributed by atoms with E-state index in [1.165, 1.54) is 0 Å². The van der Waals surface area contributed by atoms with Gasteiger partial charge >= 0.3 is 0 Å². The van der Waals surface area contributed by atoms with E-state index < -0.39 is 18.1 Å². The first-order valence-corrected chi connectivity index (χ1v) is 11.9. The summed E-state index contributed by atoms with van der Waals surface area (Å²) in [6.45, 7) is 2.19. The molecule has 0 saturated carbocycles. The minimum absolute atomic E-state index is 0.155. The van der Waals surface area contributed by atoms with E-state index in [4.69, 9.17) is 0 Å². The molecule has 7 nitrogen and oxygen atoms in total. The Kier molecular flexibility index (Phi) is 8.91. The number of carbonyl (C=O) groups excluding carboxylic acids is 3. The summed E-state index contributed by atoms with van der Waals surface area (Å²) in [6, 6.07) is 17.4. The summed E-state index contributed by atoms with van der Waals surface area (Å²) in [5.41, 5.74) is 1.93. The topological polar surface area (TPSA) is 90.5 Å². The lowest BCUT2D eigenvalue weighted by atomic mass is 9.98. The summed E-state index contributed by atoms with van der Waals surface area (Å²) in [7, 11) is 1.68. The van der Waals surface area contributed by atoms with Crippen LogP contribution in [0.1, 0.15) is 36.9 Å². The van der Waals surface area contributed by atoms with Crippen LogP contribution in [0, 0.1) is 0 Å². The second-order valence-electron chi connectivity index (χ2n) is 8.21. The van der Waals surface area contributed by atoms with Gasteiger partial charge in [0.25, 0.3) is 0 Å². The van der Waals surface area contributed by atoms with Crippen molar-refractivity contribution < 1.29 is 14.4 Å². The van der Waals surface area contributed by atoms with E-state index in [0.29, 0.717) is 13.0 Å². The molecule has 1 aliphatic rings. The highest BCUT2D eigenvalue weighted by atomic mass is 32.1. The number of benzene rings is 2. The highest BCUT2D eigenvalue weighted by Crippen LogP contribution is 2.24. The van der Waals surface area contributed by atoms with Gasteiger partial charge in [-0.3, -0.25) is 14.4 Å². The Morgan fingerprint density at radius 2 is 1.58 bits per heavy atom. The standard InChI is InChI=1S/C25H32N4O3S/c1-17(26-2)23(30)27-20(16-33)25(32)29-15-9-14-21(29)24(31)28-22(18-10-5-3-6-11-18)19-12-7-4-8-13-19/h3-8,10-13,17,20-22,26,33H,9,14-16H2,1-2H3,(H,27,30)(H,28,31)/t17-,20-,21-/m0/s1. The molecule has 3 amide bonds. The van der Waals surface area contributed by atoms with Gasteiger partial charge in [-0.2, -0.15) is 12.6 Å². The zero-order valence-corrected chi connectivity index (χ0v) is 19.9. The van der Waals surface area contributed by atoms with Crippen LogP contribution in [0.4, 0.5) is 0 Å². The fraction of sp³-hybridized carbons (Fsp3) is 0.400. The summed E-state index contributed by atoms with van der Waals surface area (Å²) in [6.07, 6.45) is 1.30. The molecule has 0 bridgehead atoms. The van der Waals surface area contributed by atoms with Crippen LogP contribution in [-0.2, 0) is 14.4 Å². The van der Waals surface area contributed by atoms with Crippen molar-refractivity contribution in [2.24, 2.45) is 0 Å². The Morgan fingerprint density at radius 3 is 2.09 bits per heavy atom. The largest absolute Gasteiger partial charge is 0.343 e. The van der Waals surface area contributed by atoms with Crippen molar-refractivity contribution in [1.29, 1.82) is 0 Å². The van der Waals surface area contributed by atoms with Crippen LogP contribution >= 0.6 is 12.6 Å². The molecular weight excluding hydrogens is 436 g/mol. The summed E-state index contributed by atoms with van der Waals surface area (Å²) >= 11 is 4.27. The molecule has 3 rings (SSSR count). The molecule has 2 aromatic rings. The average molecular weight is 469 g/mol. The van der Waals surface area contributed by atoms with Crippen LogP contribution in [0.15, 0.2) is 60.7 Å². The molecule has 1 heterocycles. The van der Waals surface area contributed by atoms with Gasteiger partial charge in [0.1, 0.15) is 12.1 Å². The molecule has 2 aromatic carbocycles. The first kappa shape index (κ1) is 24.8. The van der Waals surface area contributed by atoms with Crippen LogP contribution in [-0.4, -0.2) is 60.1 Å². The van der Waals surface area contributed by atoms with E-state index in [-0.39, 0.29) is 29.5 Å². The van der Waals surface area contributed by atoms with Gasteiger partial charge in [-0.1, -0.05) is 60.7 Å². The van der Waals surface area contributed by atoms with Crippen LogP contribution in [0.5, 0.6) is 0 Å². The summed E-state index contributed by atoms with van der Waals surface area (Å²) in [5, 5.41) is 8.75. The number of thiol groups is 1. The maximum absolute atomic E-state index is 13.4. The number of likely N-dealkylation sites (N-methyl/N-ethyl adjacent to an activating group) is 1. The van der Waals surface area contributed by atoms with Crippen LogP contribution in [0.3, 0.4) is 0 Å². The molecule has 3 N–H and O–H groups in total. The fourth-order valence-electron chi connectivity index (χ4n) is 4.01. The van der Waals surface area contributed by atoms with Gasteiger partial charge in [-0.05, 0) is 37.9 Å². The maximum atomic E-state index is 13.4. The van der Waals surface area contributed by atoms with Gasteiger partial charge in [0.05, 0.1) is 12.1 Å². The number of hydrogen-bond acceptors (Lipinski definition) is 5. The van der Waals surface area contributed by atoms with Crippen molar-refractivity contribution in [3.63, 3.8) is 0 Å². The third-order valence-corrected chi connectivity index (χ3v) is 6.38. The van der Waals surface area contributed by atoms with E-state index in [9.17, 15) is 14.4 Å². The van der Waals surface area contributed by atoms with E-state index >= 15 is 0 Å². The maximum Gasteiger partial charge on any atom is 0.246 e. The van der Waals surface area contributed by atoms with Gasteiger partial charge in [-0.25, -0.2) is 0 Å². The molecule has 3 atom stereocenters. The van der Waals surface area contributed by atoms with Crippen molar-refractivity contribution >= 4 is 30.4 Å². The Hall–Kier alpha value is -2.84.